The largest absolute Gasteiger partial charge is 0.486 e. The van der Waals surface area contributed by atoms with E-state index in [-0.39, 0.29) is 17.4 Å². The van der Waals surface area contributed by atoms with Gasteiger partial charge in [-0.3, -0.25) is 4.79 Å². The predicted octanol–water partition coefficient (Wildman–Crippen LogP) is 2.62. The number of ether oxygens (including phenoxy) is 2. The van der Waals surface area contributed by atoms with E-state index in [1.807, 2.05) is 6.92 Å². The molecule has 0 bridgehead atoms. The fraction of sp³-hybridized carbons (Fsp3) is 0.533. The minimum absolute atomic E-state index is 0.0312. The smallest absolute Gasteiger partial charge is 0.251 e. The first-order chi connectivity index (χ1) is 8.88. The molecule has 0 unspecified atom stereocenters. The molecule has 0 saturated heterocycles. The molecule has 4 heteroatoms. The fourth-order valence-electron chi connectivity index (χ4n) is 1.68. The van der Waals surface area contributed by atoms with Gasteiger partial charge in [0.2, 0.25) is 0 Å². The summed E-state index contributed by atoms with van der Waals surface area (Å²) in [4.78, 5) is 12.2. The van der Waals surface area contributed by atoms with E-state index in [0.29, 0.717) is 30.3 Å². The highest BCUT2D eigenvalue weighted by molar-refractivity contribution is 5.95. The average Bonchev–Trinajstić information content (AvgIpc) is 2.37. The van der Waals surface area contributed by atoms with Gasteiger partial charge in [-0.15, -0.1) is 0 Å². The van der Waals surface area contributed by atoms with Gasteiger partial charge >= 0.3 is 0 Å². The number of benzene rings is 1. The van der Waals surface area contributed by atoms with Crippen LogP contribution < -0.4 is 14.8 Å². The van der Waals surface area contributed by atoms with E-state index in [4.69, 9.17) is 9.47 Å². The number of hydrogen-bond donors (Lipinski definition) is 1. The molecule has 1 atom stereocenters. The molecule has 1 aliphatic heterocycles. The van der Waals surface area contributed by atoms with Crippen LogP contribution in [-0.2, 0) is 0 Å². The van der Waals surface area contributed by atoms with Crippen molar-refractivity contribution in [2.75, 3.05) is 13.2 Å². The van der Waals surface area contributed by atoms with Gasteiger partial charge < -0.3 is 14.8 Å². The van der Waals surface area contributed by atoms with Gasteiger partial charge in [-0.25, -0.2) is 0 Å². The zero-order valence-corrected chi connectivity index (χ0v) is 11.9. The Morgan fingerprint density at radius 3 is 2.47 bits per heavy atom. The van der Waals surface area contributed by atoms with Crippen LogP contribution in [0.25, 0.3) is 0 Å². The molecular weight excluding hydrogens is 242 g/mol. The molecule has 4 nitrogen and oxygen atoms in total. The topological polar surface area (TPSA) is 47.6 Å². The van der Waals surface area contributed by atoms with Gasteiger partial charge in [0, 0.05) is 11.6 Å². The van der Waals surface area contributed by atoms with Crippen LogP contribution in [0.3, 0.4) is 0 Å². The lowest BCUT2D eigenvalue weighted by Crippen LogP contribution is -2.41. The van der Waals surface area contributed by atoms with Gasteiger partial charge in [-0.2, -0.15) is 0 Å². The van der Waals surface area contributed by atoms with Crippen LogP contribution in [0.5, 0.6) is 11.5 Å². The number of amides is 1. The van der Waals surface area contributed by atoms with E-state index >= 15 is 0 Å². The Hall–Kier alpha value is -1.71. The maximum atomic E-state index is 12.2. The van der Waals surface area contributed by atoms with E-state index in [9.17, 15) is 4.79 Å². The fourth-order valence-corrected chi connectivity index (χ4v) is 1.68. The maximum absolute atomic E-state index is 12.2. The summed E-state index contributed by atoms with van der Waals surface area (Å²) in [5.74, 6) is 1.26. The van der Waals surface area contributed by atoms with E-state index in [0.717, 1.165) is 0 Å². The van der Waals surface area contributed by atoms with Crippen LogP contribution in [0.1, 0.15) is 38.1 Å². The monoisotopic (exact) mass is 263 g/mol. The highest BCUT2D eigenvalue weighted by atomic mass is 16.6. The summed E-state index contributed by atoms with van der Waals surface area (Å²) in [7, 11) is 0. The summed E-state index contributed by atoms with van der Waals surface area (Å²) < 4.78 is 10.9. The first-order valence-electron chi connectivity index (χ1n) is 6.58. The summed E-state index contributed by atoms with van der Waals surface area (Å²) in [6, 6.07) is 5.37. The molecule has 1 aromatic carbocycles. The molecule has 0 aromatic heterocycles. The third-order valence-electron chi connectivity index (χ3n) is 3.45. The third kappa shape index (κ3) is 3.19. The molecule has 1 heterocycles. The predicted molar refractivity (Wildman–Crippen MR) is 73.8 cm³/mol. The molecule has 1 N–H and O–H groups in total. The number of carbonyl (C=O) groups excluding carboxylic acids is 1. The van der Waals surface area contributed by atoms with Crippen molar-refractivity contribution in [1.29, 1.82) is 0 Å². The summed E-state index contributed by atoms with van der Waals surface area (Å²) >= 11 is 0. The highest BCUT2D eigenvalue weighted by Gasteiger charge is 2.23. The van der Waals surface area contributed by atoms with Crippen LogP contribution in [-0.4, -0.2) is 25.2 Å². The molecule has 0 radical (unpaired) electrons. The molecular formula is C15H21NO3. The standard InChI is InChI=1S/C15H21NO3/c1-10(15(2,3)4)16-14(17)11-5-6-12-13(9-11)19-8-7-18-12/h5-6,9-10H,7-8H2,1-4H3,(H,16,17)/t10-/m0/s1. The Kier molecular flexibility index (Phi) is 3.69. The van der Waals surface area contributed by atoms with Crippen molar-refractivity contribution in [1.82, 2.24) is 5.32 Å². The Balaban J connectivity index is 2.11. The lowest BCUT2D eigenvalue weighted by atomic mass is 9.88. The number of fused-ring (bicyclic) bond motifs is 1. The van der Waals surface area contributed by atoms with Crippen LogP contribution >= 0.6 is 0 Å². The SMILES string of the molecule is C[C@H](NC(=O)c1ccc2c(c1)OCCO2)C(C)(C)C. The van der Waals surface area contributed by atoms with Gasteiger partial charge in [-0.05, 0) is 30.5 Å². The van der Waals surface area contributed by atoms with E-state index in [1.54, 1.807) is 18.2 Å². The normalized spacial score (nSPS) is 15.8. The Morgan fingerprint density at radius 1 is 1.21 bits per heavy atom. The van der Waals surface area contributed by atoms with Crippen molar-refractivity contribution in [2.24, 2.45) is 5.41 Å². The van der Waals surface area contributed by atoms with Gasteiger partial charge in [0.05, 0.1) is 0 Å². The molecule has 104 valence electrons. The van der Waals surface area contributed by atoms with Crippen molar-refractivity contribution >= 4 is 5.91 Å². The molecule has 19 heavy (non-hydrogen) atoms. The second kappa shape index (κ2) is 5.11. The zero-order chi connectivity index (χ0) is 14.0. The maximum Gasteiger partial charge on any atom is 0.251 e. The van der Waals surface area contributed by atoms with Crippen LogP contribution in [0, 0.1) is 5.41 Å². The summed E-state index contributed by atoms with van der Waals surface area (Å²) in [6.45, 7) is 9.39. The van der Waals surface area contributed by atoms with Crippen LogP contribution in [0.15, 0.2) is 18.2 Å². The van der Waals surface area contributed by atoms with Gasteiger partial charge in [0.1, 0.15) is 13.2 Å². The molecule has 2 rings (SSSR count). The lowest BCUT2D eigenvalue weighted by molar-refractivity contribution is 0.0909. The first-order valence-corrected chi connectivity index (χ1v) is 6.58. The first kappa shape index (κ1) is 13.7. The Bertz CT molecular complexity index is 477. The van der Waals surface area contributed by atoms with Crippen molar-refractivity contribution in [3.63, 3.8) is 0 Å². The number of carbonyl (C=O) groups is 1. The highest BCUT2D eigenvalue weighted by Crippen LogP contribution is 2.30. The van der Waals surface area contributed by atoms with Gasteiger partial charge in [0.25, 0.3) is 5.91 Å². The number of hydrogen-bond acceptors (Lipinski definition) is 3. The van der Waals surface area contributed by atoms with Crippen molar-refractivity contribution in [3.05, 3.63) is 23.8 Å². The van der Waals surface area contributed by atoms with E-state index in [2.05, 4.69) is 26.1 Å². The second-order valence-electron chi connectivity index (χ2n) is 5.92. The molecule has 0 aliphatic carbocycles. The Morgan fingerprint density at radius 2 is 1.84 bits per heavy atom. The molecule has 0 spiro atoms. The average molecular weight is 263 g/mol. The molecule has 1 aromatic rings. The van der Waals surface area contributed by atoms with E-state index < -0.39 is 0 Å². The molecule has 0 fully saturated rings. The number of rotatable bonds is 2. The minimum atomic E-state index is -0.0839. The Labute approximate surface area is 114 Å². The van der Waals surface area contributed by atoms with Gasteiger partial charge in [0.15, 0.2) is 11.5 Å². The quantitative estimate of drug-likeness (QED) is 0.892. The second-order valence-corrected chi connectivity index (χ2v) is 5.92. The van der Waals surface area contributed by atoms with Crippen LogP contribution in [0.2, 0.25) is 0 Å². The molecule has 1 aliphatic rings. The number of nitrogens with one attached hydrogen (secondary N) is 1. The summed E-state index contributed by atoms with van der Waals surface area (Å²) in [5.41, 5.74) is 0.629. The van der Waals surface area contributed by atoms with Crippen molar-refractivity contribution < 1.29 is 14.3 Å². The minimum Gasteiger partial charge on any atom is -0.486 e. The van der Waals surface area contributed by atoms with Gasteiger partial charge in [-0.1, -0.05) is 20.8 Å². The zero-order valence-electron chi connectivity index (χ0n) is 11.9. The molecule has 0 saturated carbocycles. The third-order valence-corrected chi connectivity index (χ3v) is 3.45. The van der Waals surface area contributed by atoms with E-state index in [1.165, 1.54) is 0 Å². The summed E-state index contributed by atoms with van der Waals surface area (Å²) in [6.07, 6.45) is 0. The summed E-state index contributed by atoms with van der Waals surface area (Å²) in [5, 5.41) is 3.01. The van der Waals surface area contributed by atoms with Crippen LogP contribution in [0.4, 0.5) is 0 Å². The van der Waals surface area contributed by atoms with Crippen molar-refractivity contribution in [3.8, 4) is 11.5 Å². The van der Waals surface area contributed by atoms with Crippen molar-refractivity contribution in [2.45, 2.75) is 33.7 Å². The lowest BCUT2D eigenvalue weighted by Gasteiger charge is -2.28. The molecule has 1 amide bonds.